The predicted molar refractivity (Wildman–Crippen MR) is 72.7 cm³/mol. The molecule has 1 aromatic carbocycles. The molecule has 4 heteroatoms. The van der Waals surface area contributed by atoms with Crippen molar-refractivity contribution in [2.45, 2.75) is 32.7 Å². The molecule has 0 unspecified atom stereocenters. The van der Waals surface area contributed by atoms with E-state index in [1.165, 1.54) is 0 Å². The Morgan fingerprint density at radius 2 is 2.05 bits per heavy atom. The molecule has 1 heterocycles. The van der Waals surface area contributed by atoms with Gasteiger partial charge in [0.2, 0.25) is 5.91 Å². The van der Waals surface area contributed by atoms with Gasteiger partial charge in [0.25, 0.3) is 0 Å². The molecule has 4 nitrogen and oxygen atoms in total. The highest BCUT2D eigenvalue weighted by Gasteiger charge is 2.27. The first kappa shape index (κ1) is 13.6. The van der Waals surface area contributed by atoms with Crippen molar-refractivity contribution in [3.8, 4) is 5.75 Å². The fourth-order valence-electron chi connectivity index (χ4n) is 2.07. The average Bonchev–Trinajstić information content (AvgIpc) is 2.71. The Hall–Kier alpha value is -1.81. The molecule has 1 amide bonds. The maximum atomic E-state index is 11.9. The van der Waals surface area contributed by atoms with Gasteiger partial charge in [-0.2, -0.15) is 0 Å². The molecule has 1 aromatic rings. The highest BCUT2D eigenvalue weighted by atomic mass is 16.5. The van der Waals surface area contributed by atoms with Crippen LogP contribution < -0.4 is 4.74 Å². The van der Waals surface area contributed by atoms with Crippen LogP contribution in [0.3, 0.4) is 0 Å². The normalized spacial score (nSPS) is 18.4. The number of amides is 1. The second kappa shape index (κ2) is 5.89. The predicted octanol–water partition coefficient (Wildman–Crippen LogP) is 2.34. The lowest BCUT2D eigenvalue weighted by molar-refractivity contribution is -0.137. The molecule has 102 valence electrons. The lowest BCUT2D eigenvalue weighted by Gasteiger charge is -2.26. The second-order valence-electron chi connectivity index (χ2n) is 4.71. The van der Waals surface area contributed by atoms with Crippen LogP contribution in [-0.4, -0.2) is 30.2 Å². The number of carbonyl (C=O) groups is 1. The van der Waals surface area contributed by atoms with Crippen molar-refractivity contribution in [3.05, 3.63) is 42.0 Å². The number of methoxy groups -OCH3 is 1. The standard InChI is InChI=1S/C15H19NO3/c1-11(2)19-15-9-8-14(17)16(15)10-12-6-4-5-7-13(12)18-3/h4-9,11,15H,10H2,1-3H3/t15-/m1/s1. The monoisotopic (exact) mass is 261 g/mol. The molecule has 0 aromatic heterocycles. The third-order valence-electron chi connectivity index (χ3n) is 2.94. The maximum absolute atomic E-state index is 11.9. The van der Waals surface area contributed by atoms with Gasteiger partial charge in [-0.25, -0.2) is 0 Å². The van der Waals surface area contributed by atoms with E-state index < -0.39 is 0 Å². The van der Waals surface area contributed by atoms with Gasteiger partial charge in [0.15, 0.2) is 6.23 Å². The molecule has 0 fully saturated rings. The van der Waals surface area contributed by atoms with Gasteiger partial charge < -0.3 is 14.4 Å². The molecule has 0 bridgehead atoms. The summed E-state index contributed by atoms with van der Waals surface area (Å²) in [5.41, 5.74) is 0.972. The van der Waals surface area contributed by atoms with Crippen LogP contribution in [0.4, 0.5) is 0 Å². The van der Waals surface area contributed by atoms with Gasteiger partial charge in [-0.15, -0.1) is 0 Å². The number of hydrogen-bond donors (Lipinski definition) is 0. The summed E-state index contributed by atoms with van der Waals surface area (Å²) in [7, 11) is 1.63. The van der Waals surface area contributed by atoms with Crippen LogP contribution in [0, 0.1) is 0 Å². The molecule has 0 saturated carbocycles. The van der Waals surface area contributed by atoms with Crippen LogP contribution in [0.15, 0.2) is 36.4 Å². The summed E-state index contributed by atoms with van der Waals surface area (Å²) in [5.74, 6) is 0.752. The van der Waals surface area contributed by atoms with Gasteiger partial charge in [-0.3, -0.25) is 4.79 Å². The first-order valence-electron chi connectivity index (χ1n) is 6.38. The minimum absolute atomic E-state index is 0.0310. The number of para-hydroxylation sites is 1. The van der Waals surface area contributed by atoms with Crippen LogP contribution in [0.25, 0.3) is 0 Å². The summed E-state index contributed by atoms with van der Waals surface area (Å²) >= 11 is 0. The lowest BCUT2D eigenvalue weighted by atomic mass is 10.2. The summed E-state index contributed by atoms with van der Waals surface area (Å²) < 4.78 is 11.0. The molecule has 1 aliphatic heterocycles. The van der Waals surface area contributed by atoms with E-state index in [0.29, 0.717) is 6.54 Å². The summed E-state index contributed by atoms with van der Waals surface area (Å²) in [6.07, 6.45) is 3.12. The van der Waals surface area contributed by atoms with Crippen molar-refractivity contribution in [3.63, 3.8) is 0 Å². The largest absolute Gasteiger partial charge is 0.496 e. The second-order valence-corrected chi connectivity index (χ2v) is 4.71. The Bertz CT molecular complexity index is 482. The van der Waals surface area contributed by atoms with Crippen molar-refractivity contribution in [1.29, 1.82) is 0 Å². The zero-order valence-corrected chi connectivity index (χ0v) is 11.5. The maximum Gasteiger partial charge on any atom is 0.248 e. The Kier molecular flexibility index (Phi) is 4.22. The number of benzene rings is 1. The molecule has 0 saturated heterocycles. The van der Waals surface area contributed by atoms with Crippen molar-refractivity contribution in [1.82, 2.24) is 4.90 Å². The minimum atomic E-state index is -0.294. The van der Waals surface area contributed by atoms with E-state index in [4.69, 9.17) is 9.47 Å². The molecular weight excluding hydrogens is 242 g/mol. The topological polar surface area (TPSA) is 38.8 Å². The smallest absolute Gasteiger partial charge is 0.248 e. The minimum Gasteiger partial charge on any atom is -0.496 e. The highest BCUT2D eigenvalue weighted by molar-refractivity contribution is 5.90. The average molecular weight is 261 g/mol. The SMILES string of the molecule is COc1ccccc1CN1C(=O)C=C[C@H]1OC(C)C. The van der Waals surface area contributed by atoms with Crippen molar-refractivity contribution < 1.29 is 14.3 Å². The zero-order valence-electron chi connectivity index (χ0n) is 11.5. The van der Waals surface area contributed by atoms with Crippen LogP contribution in [-0.2, 0) is 16.1 Å². The third-order valence-corrected chi connectivity index (χ3v) is 2.94. The molecule has 0 N–H and O–H groups in total. The Morgan fingerprint density at radius 1 is 1.32 bits per heavy atom. The van der Waals surface area contributed by atoms with Gasteiger partial charge in [-0.05, 0) is 26.0 Å². The zero-order chi connectivity index (χ0) is 13.8. The summed E-state index contributed by atoms with van der Waals surface area (Å²) in [5, 5.41) is 0. The van der Waals surface area contributed by atoms with Gasteiger partial charge in [-0.1, -0.05) is 18.2 Å². The van der Waals surface area contributed by atoms with E-state index in [1.54, 1.807) is 24.2 Å². The van der Waals surface area contributed by atoms with E-state index >= 15 is 0 Å². The van der Waals surface area contributed by atoms with E-state index in [1.807, 2.05) is 38.1 Å². The molecule has 0 radical (unpaired) electrons. The van der Waals surface area contributed by atoms with Crippen molar-refractivity contribution in [2.24, 2.45) is 0 Å². The quantitative estimate of drug-likeness (QED) is 0.816. The summed E-state index contributed by atoms with van der Waals surface area (Å²) in [6, 6.07) is 7.69. The summed E-state index contributed by atoms with van der Waals surface area (Å²) in [6.45, 7) is 4.39. The van der Waals surface area contributed by atoms with E-state index in [2.05, 4.69) is 0 Å². The fourth-order valence-corrected chi connectivity index (χ4v) is 2.07. The molecule has 19 heavy (non-hydrogen) atoms. The van der Waals surface area contributed by atoms with Gasteiger partial charge >= 0.3 is 0 Å². The lowest BCUT2D eigenvalue weighted by Crippen LogP contribution is -2.36. The van der Waals surface area contributed by atoms with Crippen molar-refractivity contribution >= 4 is 5.91 Å². The number of rotatable bonds is 5. The number of nitrogens with zero attached hydrogens (tertiary/aromatic N) is 1. The van der Waals surface area contributed by atoms with Crippen LogP contribution in [0.5, 0.6) is 5.75 Å². The molecule has 1 atom stereocenters. The molecule has 2 rings (SSSR count). The summed E-state index contributed by atoms with van der Waals surface area (Å²) in [4.78, 5) is 13.6. The first-order chi connectivity index (χ1) is 9.11. The molecule has 0 spiro atoms. The van der Waals surface area contributed by atoms with Crippen LogP contribution >= 0.6 is 0 Å². The van der Waals surface area contributed by atoms with Gasteiger partial charge in [0, 0.05) is 11.6 Å². The van der Waals surface area contributed by atoms with Crippen LogP contribution in [0.1, 0.15) is 19.4 Å². The highest BCUT2D eigenvalue weighted by Crippen LogP contribution is 2.23. The van der Waals surface area contributed by atoms with Gasteiger partial charge in [0.05, 0.1) is 19.8 Å². The number of ether oxygens (including phenoxy) is 2. The third kappa shape index (κ3) is 3.15. The van der Waals surface area contributed by atoms with Crippen LogP contribution in [0.2, 0.25) is 0 Å². The van der Waals surface area contributed by atoms with E-state index in [0.717, 1.165) is 11.3 Å². The van der Waals surface area contributed by atoms with Gasteiger partial charge in [0.1, 0.15) is 5.75 Å². The van der Waals surface area contributed by atoms with Crippen molar-refractivity contribution in [2.75, 3.05) is 7.11 Å². The first-order valence-corrected chi connectivity index (χ1v) is 6.38. The molecule has 1 aliphatic rings. The Morgan fingerprint density at radius 3 is 2.74 bits per heavy atom. The molecular formula is C15H19NO3. The number of hydrogen-bond acceptors (Lipinski definition) is 3. The van der Waals surface area contributed by atoms with E-state index in [9.17, 15) is 4.79 Å². The Balaban J connectivity index is 2.14. The molecule has 0 aliphatic carbocycles. The Labute approximate surface area is 113 Å². The van der Waals surface area contributed by atoms with E-state index in [-0.39, 0.29) is 18.2 Å². The fraction of sp³-hybridized carbons (Fsp3) is 0.400. The number of carbonyl (C=O) groups excluding carboxylic acids is 1.